The monoisotopic (exact) mass is 262 g/mol. The Morgan fingerprint density at radius 2 is 1.95 bits per heavy atom. The number of nitrogens with zero attached hydrogens (tertiary/aromatic N) is 1. The van der Waals surface area contributed by atoms with Gasteiger partial charge in [-0.25, -0.2) is 0 Å². The Balaban J connectivity index is 2.66. The van der Waals surface area contributed by atoms with Crippen LogP contribution in [0.4, 0.5) is 5.88 Å². The summed E-state index contributed by atoms with van der Waals surface area (Å²) < 4.78 is 15.9. The molecule has 0 aliphatic heterocycles. The van der Waals surface area contributed by atoms with Gasteiger partial charge in [-0.2, -0.15) is 0 Å². The van der Waals surface area contributed by atoms with Crippen molar-refractivity contribution in [1.29, 1.82) is 0 Å². The minimum Gasteiger partial charge on any atom is -0.496 e. The highest BCUT2D eigenvalue weighted by Crippen LogP contribution is 2.42. The maximum Gasteiger partial charge on any atom is 0.222 e. The van der Waals surface area contributed by atoms with Gasteiger partial charge < -0.3 is 19.7 Å². The summed E-state index contributed by atoms with van der Waals surface area (Å²) in [5.74, 6) is 2.07. The first-order chi connectivity index (χ1) is 9.08. The van der Waals surface area contributed by atoms with E-state index in [1.165, 1.54) is 0 Å². The molecule has 0 saturated heterocycles. The number of aromatic nitrogens is 1. The van der Waals surface area contributed by atoms with E-state index in [-0.39, 0.29) is 11.8 Å². The van der Waals surface area contributed by atoms with Gasteiger partial charge in [-0.1, -0.05) is 19.0 Å². The van der Waals surface area contributed by atoms with Gasteiger partial charge in [0.2, 0.25) is 5.88 Å². The number of ether oxygens (including phenoxy) is 2. The van der Waals surface area contributed by atoms with Crippen LogP contribution in [0.5, 0.6) is 11.5 Å². The Kier molecular flexibility index (Phi) is 3.64. The Labute approximate surface area is 112 Å². The van der Waals surface area contributed by atoms with Crippen molar-refractivity contribution >= 4 is 5.88 Å². The van der Waals surface area contributed by atoms with Gasteiger partial charge in [-0.05, 0) is 18.1 Å². The molecule has 5 heteroatoms. The molecule has 0 amide bonds. The fourth-order valence-corrected chi connectivity index (χ4v) is 2.14. The SMILES string of the molecule is COc1ccc(-c2cc(N)on2)c(OC)c1C(C)C. The van der Waals surface area contributed by atoms with Gasteiger partial charge in [-0.15, -0.1) is 0 Å². The van der Waals surface area contributed by atoms with Crippen molar-refractivity contribution in [2.24, 2.45) is 0 Å². The molecule has 0 spiro atoms. The number of hydrogen-bond acceptors (Lipinski definition) is 5. The first-order valence-corrected chi connectivity index (χ1v) is 6.06. The lowest BCUT2D eigenvalue weighted by Gasteiger charge is -2.18. The van der Waals surface area contributed by atoms with Crippen LogP contribution in [-0.4, -0.2) is 19.4 Å². The smallest absolute Gasteiger partial charge is 0.222 e. The quantitative estimate of drug-likeness (QED) is 0.916. The van der Waals surface area contributed by atoms with Crippen LogP contribution in [0.25, 0.3) is 11.3 Å². The van der Waals surface area contributed by atoms with Crippen LogP contribution in [-0.2, 0) is 0 Å². The van der Waals surface area contributed by atoms with E-state index in [4.69, 9.17) is 19.7 Å². The molecule has 0 radical (unpaired) electrons. The summed E-state index contributed by atoms with van der Waals surface area (Å²) in [7, 11) is 3.28. The molecule has 0 fully saturated rings. The third-order valence-corrected chi connectivity index (χ3v) is 2.96. The molecular formula is C14H18N2O3. The van der Waals surface area contributed by atoms with Gasteiger partial charge in [0.15, 0.2) is 0 Å². The van der Waals surface area contributed by atoms with Crippen molar-refractivity contribution in [3.05, 3.63) is 23.8 Å². The highest BCUT2D eigenvalue weighted by Gasteiger charge is 2.20. The molecule has 2 aromatic rings. The molecule has 0 aliphatic rings. The van der Waals surface area contributed by atoms with E-state index in [0.29, 0.717) is 5.69 Å². The summed E-state index contributed by atoms with van der Waals surface area (Å²) in [5, 5.41) is 3.93. The molecule has 2 N–H and O–H groups in total. The lowest BCUT2D eigenvalue weighted by atomic mass is 9.96. The molecule has 0 unspecified atom stereocenters. The molecule has 0 aliphatic carbocycles. The molecule has 1 heterocycles. The molecule has 19 heavy (non-hydrogen) atoms. The average Bonchev–Trinajstić information content (AvgIpc) is 2.83. The lowest BCUT2D eigenvalue weighted by molar-refractivity contribution is 0.382. The Morgan fingerprint density at radius 3 is 2.42 bits per heavy atom. The average molecular weight is 262 g/mol. The molecule has 0 saturated carbocycles. The van der Waals surface area contributed by atoms with E-state index < -0.39 is 0 Å². The number of nitrogen functional groups attached to an aromatic ring is 1. The Morgan fingerprint density at radius 1 is 1.21 bits per heavy atom. The summed E-state index contributed by atoms with van der Waals surface area (Å²) >= 11 is 0. The van der Waals surface area contributed by atoms with Gasteiger partial charge in [0.25, 0.3) is 0 Å². The van der Waals surface area contributed by atoms with Crippen LogP contribution in [0.3, 0.4) is 0 Å². The van der Waals surface area contributed by atoms with Gasteiger partial charge in [0.1, 0.15) is 17.2 Å². The van der Waals surface area contributed by atoms with E-state index in [9.17, 15) is 0 Å². The first-order valence-electron chi connectivity index (χ1n) is 6.06. The van der Waals surface area contributed by atoms with Crippen molar-refractivity contribution in [3.63, 3.8) is 0 Å². The molecule has 5 nitrogen and oxygen atoms in total. The van der Waals surface area contributed by atoms with Crippen LogP contribution < -0.4 is 15.2 Å². The molecule has 2 rings (SSSR count). The number of hydrogen-bond donors (Lipinski definition) is 1. The number of nitrogens with two attached hydrogens (primary N) is 1. The predicted octanol–water partition coefficient (Wildman–Crippen LogP) is 3.06. The van der Waals surface area contributed by atoms with Crippen molar-refractivity contribution < 1.29 is 14.0 Å². The lowest BCUT2D eigenvalue weighted by Crippen LogP contribution is -2.00. The number of anilines is 1. The largest absolute Gasteiger partial charge is 0.496 e. The van der Waals surface area contributed by atoms with E-state index in [0.717, 1.165) is 22.6 Å². The molecule has 102 valence electrons. The second kappa shape index (κ2) is 5.22. The zero-order valence-corrected chi connectivity index (χ0v) is 11.6. The van der Waals surface area contributed by atoms with Crippen molar-refractivity contribution in [2.45, 2.75) is 19.8 Å². The molecule has 1 aromatic heterocycles. The summed E-state index contributed by atoms with van der Waals surface area (Å²) in [4.78, 5) is 0. The van der Waals surface area contributed by atoms with E-state index in [1.54, 1.807) is 20.3 Å². The fraction of sp³-hybridized carbons (Fsp3) is 0.357. The molecule has 0 bridgehead atoms. The zero-order chi connectivity index (χ0) is 14.0. The van der Waals surface area contributed by atoms with Crippen LogP contribution in [0.2, 0.25) is 0 Å². The maximum absolute atomic E-state index is 5.57. The van der Waals surface area contributed by atoms with Crippen molar-refractivity contribution in [1.82, 2.24) is 5.16 Å². The standard InChI is InChI=1S/C14H18N2O3/c1-8(2)13-11(17-3)6-5-9(14(13)18-4)10-7-12(15)19-16-10/h5-8H,15H2,1-4H3. The Hall–Kier alpha value is -2.17. The van der Waals surface area contributed by atoms with Gasteiger partial charge in [0, 0.05) is 17.2 Å². The summed E-state index contributed by atoms with van der Waals surface area (Å²) in [6, 6.07) is 5.47. The molecular weight excluding hydrogens is 244 g/mol. The summed E-state index contributed by atoms with van der Waals surface area (Å²) in [6.45, 7) is 4.17. The van der Waals surface area contributed by atoms with Gasteiger partial charge >= 0.3 is 0 Å². The van der Waals surface area contributed by atoms with Crippen LogP contribution in [0.1, 0.15) is 25.3 Å². The van der Waals surface area contributed by atoms with Gasteiger partial charge in [-0.3, -0.25) is 0 Å². The minimum absolute atomic E-state index is 0.258. The highest BCUT2D eigenvalue weighted by molar-refractivity contribution is 5.73. The summed E-state index contributed by atoms with van der Waals surface area (Å²) in [6.07, 6.45) is 0. The van der Waals surface area contributed by atoms with E-state index >= 15 is 0 Å². The van der Waals surface area contributed by atoms with Crippen LogP contribution in [0.15, 0.2) is 22.7 Å². The first kappa shape index (κ1) is 13.3. The molecule has 1 aromatic carbocycles. The fourth-order valence-electron chi connectivity index (χ4n) is 2.14. The predicted molar refractivity (Wildman–Crippen MR) is 73.5 cm³/mol. The van der Waals surface area contributed by atoms with Crippen LogP contribution in [0, 0.1) is 0 Å². The zero-order valence-electron chi connectivity index (χ0n) is 11.6. The normalized spacial score (nSPS) is 10.8. The third kappa shape index (κ3) is 2.36. The maximum atomic E-state index is 5.57. The van der Waals surface area contributed by atoms with Crippen molar-refractivity contribution in [2.75, 3.05) is 20.0 Å². The van der Waals surface area contributed by atoms with E-state index in [1.807, 2.05) is 12.1 Å². The highest BCUT2D eigenvalue weighted by atomic mass is 16.5. The number of benzene rings is 1. The Bertz CT molecular complexity index is 576. The molecule has 0 atom stereocenters. The number of rotatable bonds is 4. The third-order valence-electron chi connectivity index (χ3n) is 2.96. The topological polar surface area (TPSA) is 70.5 Å². The van der Waals surface area contributed by atoms with Crippen LogP contribution >= 0.6 is 0 Å². The number of methoxy groups -OCH3 is 2. The minimum atomic E-state index is 0.258. The van der Waals surface area contributed by atoms with Gasteiger partial charge in [0.05, 0.1) is 14.2 Å². The van der Waals surface area contributed by atoms with Crippen molar-refractivity contribution in [3.8, 4) is 22.8 Å². The second-order valence-electron chi connectivity index (χ2n) is 4.53. The summed E-state index contributed by atoms with van der Waals surface area (Å²) in [5.41, 5.74) is 8.06. The van der Waals surface area contributed by atoms with E-state index in [2.05, 4.69) is 19.0 Å². The second-order valence-corrected chi connectivity index (χ2v) is 4.53.